The molecule has 0 unspecified atom stereocenters. The van der Waals surface area contributed by atoms with E-state index in [0.29, 0.717) is 0 Å². The lowest BCUT2D eigenvalue weighted by atomic mass is 9.97. The van der Waals surface area contributed by atoms with Crippen LogP contribution in [0.5, 0.6) is 0 Å². The molecule has 0 bridgehead atoms. The van der Waals surface area contributed by atoms with Gasteiger partial charge in [-0.25, -0.2) is 4.79 Å². The smallest absolute Gasteiger partial charge is 0.326 e. The molecule has 1 rings (SSSR count). The summed E-state index contributed by atoms with van der Waals surface area (Å²) in [6.07, 6.45) is -0.628. The Morgan fingerprint density at radius 1 is 0.926 bits per heavy atom. The molecule has 1 aromatic carbocycles. The van der Waals surface area contributed by atoms with E-state index in [1.807, 2.05) is 18.2 Å². The van der Waals surface area contributed by atoms with Crippen molar-refractivity contribution in [2.45, 2.75) is 51.6 Å². The maximum absolute atomic E-state index is 12.5. The van der Waals surface area contributed by atoms with Crippen molar-refractivity contribution in [3.8, 4) is 0 Å². The van der Waals surface area contributed by atoms with Crippen LogP contribution in [0, 0.1) is 5.92 Å². The largest absolute Gasteiger partial charge is 0.481 e. The van der Waals surface area contributed by atoms with Gasteiger partial charge in [-0.1, -0.05) is 44.2 Å². The minimum atomic E-state index is -1.33. The molecule has 0 aromatic heterocycles. The Morgan fingerprint density at radius 2 is 1.52 bits per heavy atom. The lowest BCUT2D eigenvalue weighted by Crippen LogP contribution is -2.54. The van der Waals surface area contributed by atoms with E-state index >= 15 is 0 Å². The first-order valence-corrected chi connectivity index (χ1v) is 8.73. The normalized spacial score (nSPS) is 14.1. The molecule has 8 heteroatoms. The van der Waals surface area contributed by atoms with E-state index in [4.69, 9.17) is 5.11 Å². The molecule has 148 valence electrons. The minimum absolute atomic E-state index is 0.240. The molecule has 1 aromatic rings. The Hall–Kier alpha value is -2.90. The van der Waals surface area contributed by atoms with E-state index in [9.17, 15) is 24.3 Å². The van der Waals surface area contributed by atoms with Crippen molar-refractivity contribution in [3.63, 3.8) is 0 Å². The molecule has 0 radical (unpaired) electrons. The van der Waals surface area contributed by atoms with Crippen LogP contribution in [0.25, 0.3) is 0 Å². The molecule has 27 heavy (non-hydrogen) atoms. The predicted octanol–water partition coefficient (Wildman–Crippen LogP) is 1.37. The summed E-state index contributed by atoms with van der Waals surface area (Å²) in [6, 6.07) is 6.80. The van der Waals surface area contributed by atoms with Gasteiger partial charge in [0.05, 0.1) is 5.92 Å². The number of aliphatic carboxylic acids is 2. The fourth-order valence-corrected chi connectivity index (χ4v) is 2.49. The van der Waals surface area contributed by atoms with Crippen LogP contribution >= 0.6 is 0 Å². The van der Waals surface area contributed by atoms with Gasteiger partial charge in [0.2, 0.25) is 11.8 Å². The molecule has 0 aliphatic heterocycles. The highest BCUT2D eigenvalue weighted by Gasteiger charge is 2.30. The molecular formula is C19H26N2O6. The number of hydrogen-bond acceptors (Lipinski definition) is 4. The fraction of sp³-hybridized carbons (Fsp3) is 0.474. The number of hydrogen-bond donors (Lipinski definition) is 4. The quantitative estimate of drug-likeness (QED) is 0.486. The van der Waals surface area contributed by atoms with E-state index < -0.39 is 35.8 Å². The molecule has 0 aliphatic rings. The van der Waals surface area contributed by atoms with Crippen LogP contribution in [0.3, 0.4) is 0 Å². The number of carboxylic acids is 2. The summed E-state index contributed by atoms with van der Waals surface area (Å²) in [5.41, 5.74) is 0.794. The molecule has 8 nitrogen and oxygen atoms in total. The van der Waals surface area contributed by atoms with Crippen molar-refractivity contribution in [1.29, 1.82) is 0 Å². The zero-order chi connectivity index (χ0) is 20.6. The zero-order valence-electron chi connectivity index (χ0n) is 15.6. The maximum Gasteiger partial charge on any atom is 0.326 e. The van der Waals surface area contributed by atoms with Crippen LogP contribution in [0.2, 0.25) is 0 Å². The standard InChI is InChI=1S/C19H26N2O6/c1-11(2)16(18(25)20-14(19(26)27)9-10-15(22)23)21-17(24)12(3)13-7-5-4-6-8-13/h4-8,11-12,14,16H,9-10H2,1-3H3,(H,20,25)(H,21,24)(H,22,23)(H,26,27)/t12-,14+,16-/m0/s1. The third kappa shape index (κ3) is 7.08. The highest BCUT2D eigenvalue weighted by Crippen LogP contribution is 2.16. The first-order chi connectivity index (χ1) is 12.6. The van der Waals surface area contributed by atoms with Gasteiger partial charge in [-0.15, -0.1) is 0 Å². The third-order valence-corrected chi connectivity index (χ3v) is 4.20. The topological polar surface area (TPSA) is 133 Å². The molecule has 0 aliphatic carbocycles. The molecule has 2 amide bonds. The van der Waals surface area contributed by atoms with Crippen molar-refractivity contribution in [2.75, 3.05) is 0 Å². The number of carbonyl (C=O) groups is 4. The van der Waals surface area contributed by atoms with E-state index in [-0.39, 0.29) is 24.7 Å². The average molecular weight is 378 g/mol. The Morgan fingerprint density at radius 3 is 2.00 bits per heavy atom. The Labute approximate surface area is 158 Å². The van der Waals surface area contributed by atoms with Gasteiger partial charge >= 0.3 is 11.9 Å². The Balaban J connectivity index is 2.81. The van der Waals surface area contributed by atoms with E-state index in [1.54, 1.807) is 32.9 Å². The number of carbonyl (C=O) groups excluding carboxylic acids is 2. The van der Waals surface area contributed by atoms with Crippen molar-refractivity contribution in [3.05, 3.63) is 35.9 Å². The molecule has 3 atom stereocenters. The highest BCUT2D eigenvalue weighted by molar-refractivity contribution is 5.92. The van der Waals surface area contributed by atoms with Gasteiger partial charge in [-0.05, 0) is 24.8 Å². The molecule has 0 saturated carbocycles. The molecule has 0 fully saturated rings. The second-order valence-electron chi connectivity index (χ2n) is 6.69. The number of carboxylic acid groups (broad SMARTS) is 2. The van der Waals surface area contributed by atoms with Crippen molar-refractivity contribution in [2.24, 2.45) is 5.92 Å². The molecule has 0 saturated heterocycles. The van der Waals surface area contributed by atoms with Crippen LogP contribution in [0.1, 0.15) is 45.1 Å². The van der Waals surface area contributed by atoms with Crippen molar-refractivity contribution in [1.82, 2.24) is 10.6 Å². The van der Waals surface area contributed by atoms with Gasteiger partial charge in [0.15, 0.2) is 0 Å². The number of nitrogens with one attached hydrogen (secondary N) is 2. The highest BCUT2D eigenvalue weighted by atomic mass is 16.4. The summed E-state index contributed by atoms with van der Waals surface area (Å²) < 4.78 is 0. The average Bonchev–Trinajstić information content (AvgIpc) is 2.62. The Kier molecular flexibility index (Phi) is 8.44. The molecule has 0 heterocycles. The number of benzene rings is 1. The number of amides is 2. The summed E-state index contributed by atoms with van der Waals surface area (Å²) in [5, 5.41) is 22.9. The summed E-state index contributed by atoms with van der Waals surface area (Å²) in [5.74, 6) is -4.26. The van der Waals surface area contributed by atoms with Gasteiger partial charge in [0.1, 0.15) is 12.1 Å². The SMILES string of the molecule is CC(C)[C@H](NC(=O)[C@@H](C)c1ccccc1)C(=O)N[C@H](CCC(=O)O)C(=O)O. The monoisotopic (exact) mass is 378 g/mol. The van der Waals surface area contributed by atoms with Gasteiger partial charge in [0.25, 0.3) is 0 Å². The zero-order valence-corrected chi connectivity index (χ0v) is 15.6. The lowest BCUT2D eigenvalue weighted by molar-refractivity contribution is -0.143. The van der Waals surface area contributed by atoms with Gasteiger partial charge in [0, 0.05) is 6.42 Å². The Bertz CT molecular complexity index is 674. The first-order valence-electron chi connectivity index (χ1n) is 8.73. The van der Waals surface area contributed by atoms with Gasteiger partial charge < -0.3 is 20.8 Å². The molecule has 4 N–H and O–H groups in total. The van der Waals surface area contributed by atoms with Gasteiger partial charge in [-0.3, -0.25) is 14.4 Å². The van der Waals surface area contributed by atoms with Crippen molar-refractivity contribution >= 4 is 23.8 Å². The van der Waals surface area contributed by atoms with E-state index in [1.165, 1.54) is 0 Å². The fourth-order valence-electron chi connectivity index (χ4n) is 2.49. The van der Waals surface area contributed by atoms with Crippen LogP contribution in [-0.4, -0.2) is 46.0 Å². The number of rotatable bonds is 10. The van der Waals surface area contributed by atoms with Crippen LogP contribution in [0.15, 0.2) is 30.3 Å². The summed E-state index contributed by atoms with van der Waals surface area (Å²) in [7, 11) is 0. The maximum atomic E-state index is 12.5. The van der Waals surface area contributed by atoms with Crippen molar-refractivity contribution < 1.29 is 29.4 Å². The minimum Gasteiger partial charge on any atom is -0.481 e. The van der Waals surface area contributed by atoms with Gasteiger partial charge in [-0.2, -0.15) is 0 Å². The lowest BCUT2D eigenvalue weighted by Gasteiger charge is -2.25. The second-order valence-corrected chi connectivity index (χ2v) is 6.69. The third-order valence-electron chi connectivity index (χ3n) is 4.20. The predicted molar refractivity (Wildman–Crippen MR) is 98.1 cm³/mol. The van der Waals surface area contributed by atoms with Crippen LogP contribution in [-0.2, 0) is 19.2 Å². The second kappa shape index (κ2) is 10.3. The summed E-state index contributed by atoms with van der Waals surface area (Å²) in [6.45, 7) is 5.17. The summed E-state index contributed by atoms with van der Waals surface area (Å²) in [4.78, 5) is 46.9. The van der Waals surface area contributed by atoms with Crippen LogP contribution in [0.4, 0.5) is 0 Å². The summed E-state index contributed by atoms with van der Waals surface area (Å²) >= 11 is 0. The first kappa shape index (κ1) is 22.1. The molecular weight excluding hydrogens is 352 g/mol. The van der Waals surface area contributed by atoms with E-state index in [0.717, 1.165) is 5.56 Å². The van der Waals surface area contributed by atoms with Crippen LogP contribution < -0.4 is 10.6 Å². The molecule has 0 spiro atoms. The van der Waals surface area contributed by atoms with E-state index in [2.05, 4.69) is 10.6 Å².